The summed E-state index contributed by atoms with van der Waals surface area (Å²) in [5.41, 5.74) is 22.8. The summed E-state index contributed by atoms with van der Waals surface area (Å²) in [6.07, 6.45) is 6.50. The van der Waals surface area contributed by atoms with E-state index < -0.39 is 0 Å². The van der Waals surface area contributed by atoms with Crippen LogP contribution < -0.4 is 22.8 Å². The van der Waals surface area contributed by atoms with Gasteiger partial charge in [-0.05, 0) is 146 Å². The lowest BCUT2D eigenvalue weighted by Crippen LogP contribution is -2.35. The largest absolute Gasteiger partial charge is 0.215 e. The predicted octanol–water partition coefficient (Wildman–Crippen LogP) is 15.0. The quantitative estimate of drug-likeness (QED) is 0.121. The second-order valence-electron chi connectivity index (χ2n) is 21.1. The molecule has 0 fully saturated rings. The van der Waals surface area contributed by atoms with Crippen LogP contribution in [0.2, 0.25) is 0 Å². The molecule has 0 saturated carbocycles. The molecule has 10 heteroatoms. The van der Waals surface area contributed by atoms with Crippen LogP contribution in [0.15, 0.2) is 176 Å². The Morgan fingerprint density at radius 3 is 1.04 bits per heavy atom. The molecule has 5 aromatic carbocycles. The third kappa shape index (κ3) is 15.9. The van der Waals surface area contributed by atoms with Gasteiger partial charge in [0.2, 0.25) is 46.6 Å². The van der Waals surface area contributed by atoms with Gasteiger partial charge in [-0.2, -0.15) is 13.7 Å². The Labute approximate surface area is 477 Å². The first-order valence-electron chi connectivity index (χ1n) is 27.0. The highest BCUT2D eigenvalue weighted by Gasteiger charge is 2.20. The van der Waals surface area contributed by atoms with E-state index in [0.29, 0.717) is 5.69 Å². The Morgan fingerprint density at radius 1 is 0.284 bits per heavy atom. The van der Waals surface area contributed by atoms with Crippen molar-refractivity contribution in [2.75, 3.05) is 0 Å². The van der Waals surface area contributed by atoms with E-state index in [0.717, 1.165) is 73.0 Å². The summed E-state index contributed by atoms with van der Waals surface area (Å²) in [6, 6.07) is 47.6. The van der Waals surface area contributed by atoms with Crippen molar-refractivity contribution in [2.45, 2.75) is 76.2 Å². The molecular formula is C71H77F5N5+5. The monoisotopic (exact) mass is 1090 g/mol. The minimum atomic E-state index is -0.202. The van der Waals surface area contributed by atoms with Crippen LogP contribution in [0.5, 0.6) is 0 Å². The number of pyridine rings is 5. The SMILES string of the molecule is Cc1ccc(-c2c(C)cc(F)c[n+]2C)c(C)c1.Cc1ccc(-c2cc(F)cc[n+]2C)c(C)c1.Cc1ccc(-c2ccc(F)c(C)[n+]2C)c(C)c1.Cc1ccccc1-c1c(C)cc(F)c[n+]1C.Cc1ccccc1-c1cc(F)cc[n+]1C. The number of hydrogen-bond acceptors (Lipinski definition) is 0. The summed E-state index contributed by atoms with van der Waals surface area (Å²) in [4.78, 5) is 0. The molecule has 416 valence electrons. The summed E-state index contributed by atoms with van der Waals surface area (Å²) in [6.45, 7) is 22.2. The summed E-state index contributed by atoms with van der Waals surface area (Å²) in [7, 11) is 9.49. The normalized spacial score (nSPS) is 10.5. The lowest BCUT2D eigenvalue weighted by molar-refractivity contribution is -0.668. The van der Waals surface area contributed by atoms with Gasteiger partial charge < -0.3 is 0 Å². The standard InChI is InChI=1S/2C15H17FN.2C14H15FN.C13H13FN/c1-10-5-6-14(11(2)7-10)15-12(3)8-13(16)9-17(15)4;1-10-5-6-13(11(2)9-10)15-8-7-14(16)12(3)17(15)4;1-10-4-5-13(11(2)8-10)14-9-12(15)6-7-16(14)3;1-10-6-4-5-7-13(10)14-11(2)8-12(15)9-16(14)3;1-10-5-3-4-6-12(10)13-9-11(14)7-8-15(13)2/h2*5-9H,1-4H3;2*4-9H,1-3H3;3-9H,1-2H3/q5*+1. The van der Waals surface area contributed by atoms with Crippen LogP contribution in [-0.2, 0) is 35.2 Å². The fraction of sp³-hybridized carbons (Fsp3) is 0.225. The molecule has 0 N–H and O–H groups in total. The first-order chi connectivity index (χ1) is 38.3. The Morgan fingerprint density at radius 2 is 0.642 bits per heavy atom. The molecule has 5 aromatic heterocycles. The van der Waals surface area contributed by atoms with Gasteiger partial charge in [0.15, 0.2) is 29.8 Å². The predicted molar refractivity (Wildman–Crippen MR) is 317 cm³/mol. The second kappa shape index (κ2) is 27.6. The van der Waals surface area contributed by atoms with Gasteiger partial charge in [-0.15, -0.1) is 0 Å². The van der Waals surface area contributed by atoms with E-state index in [2.05, 4.69) is 96.1 Å². The molecule has 0 aliphatic rings. The van der Waals surface area contributed by atoms with E-state index in [1.807, 2.05) is 140 Å². The number of halogens is 5. The van der Waals surface area contributed by atoms with Gasteiger partial charge in [0.25, 0.3) is 0 Å². The van der Waals surface area contributed by atoms with Crippen LogP contribution in [0.3, 0.4) is 0 Å². The van der Waals surface area contributed by atoms with Crippen LogP contribution in [0.1, 0.15) is 61.3 Å². The molecular weight excluding hydrogens is 1020 g/mol. The van der Waals surface area contributed by atoms with Gasteiger partial charge in [0.1, 0.15) is 46.9 Å². The molecule has 0 unspecified atom stereocenters. The summed E-state index contributed by atoms with van der Waals surface area (Å²) in [5, 5.41) is 0. The minimum Gasteiger partial charge on any atom is -0.207 e. The maximum Gasteiger partial charge on any atom is 0.215 e. The third-order valence-electron chi connectivity index (χ3n) is 14.4. The zero-order valence-corrected chi connectivity index (χ0v) is 49.9. The van der Waals surface area contributed by atoms with Gasteiger partial charge >= 0.3 is 0 Å². The fourth-order valence-corrected chi connectivity index (χ4v) is 10.1. The Hall–Kier alpha value is -8.50. The van der Waals surface area contributed by atoms with Gasteiger partial charge in [-0.25, -0.2) is 31.1 Å². The minimum absolute atomic E-state index is 0.166. The Balaban J connectivity index is 0.000000163. The van der Waals surface area contributed by atoms with Crippen molar-refractivity contribution in [3.05, 3.63) is 267 Å². The number of aromatic nitrogens is 5. The van der Waals surface area contributed by atoms with E-state index in [1.54, 1.807) is 43.6 Å². The van der Waals surface area contributed by atoms with E-state index in [4.69, 9.17) is 0 Å². The number of hydrogen-bond donors (Lipinski definition) is 0. The van der Waals surface area contributed by atoms with Gasteiger partial charge in [0, 0.05) is 76.2 Å². The van der Waals surface area contributed by atoms with E-state index in [1.165, 1.54) is 69.5 Å². The smallest absolute Gasteiger partial charge is 0.207 e. The molecule has 81 heavy (non-hydrogen) atoms. The average molecular weight is 1100 g/mol. The summed E-state index contributed by atoms with van der Waals surface area (Å²) < 4.78 is 75.7. The maximum atomic E-state index is 13.4. The molecule has 10 rings (SSSR count). The molecule has 0 radical (unpaired) electrons. The van der Waals surface area contributed by atoms with Crippen molar-refractivity contribution in [2.24, 2.45) is 35.2 Å². The van der Waals surface area contributed by atoms with Crippen molar-refractivity contribution < 1.29 is 44.8 Å². The zero-order valence-electron chi connectivity index (χ0n) is 49.9. The van der Waals surface area contributed by atoms with E-state index >= 15 is 0 Å². The second-order valence-corrected chi connectivity index (χ2v) is 21.1. The number of nitrogens with zero attached hydrogens (tertiary/aromatic N) is 5. The van der Waals surface area contributed by atoms with Crippen molar-refractivity contribution in [1.82, 2.24) is 0 Å². The number of benzene rings is 5. The Bertz CT molecular complexity index is 3820. The summed E-state index contributed by atoms with van der Waals surface area (Å²) in [5.74, 6) is -0.962. The zero-order chi connectivity index (χ0) is 59.4. The van der Waals surface area contributed by atoms with Crippen LogP contribution in [0.4, 0.5) is 22.0 Å². The topological polar surface area (TPSA) is 19.4 Å². The van der Waals surface area contributed by atoms with Gasteiger partial charge in [-0.1, -0.05) is 89.5 Å². The van der Waals surface area contributed by atoms with Crippen molar-refractivity contribution in [3.8, 4) is 56.3 Å². The number of aryl methyl sites for hydroxylation is 14. The molecule has 0 saturated heterocycles. The first-order valence-corrected chi connectivity index (χ1v) is 27.0. The van der Waals surface area contributed by atoms with Crippen molar-refractivity contribution in [1.29, 1.82) is 0 Å². The average Bonchev–Trinajstić information content (AvgIpc) is 3.61. The molecule has 0 bridgehead atoms. The lowest BCUT2D eigenvalue weighted by Gasteiger charge is -2.08. The molecule has 0 atom stereocenters. The Kier molecular flexibility index (Phi) is 21.0. The van der Waals surface area contributed by atoms with E-state index in [9.17, 15) is 22.0 Å². The third-order valence-corrected chi connectivity index (χ3v) is 14.4. The van der Waals surface area contributed by atoms with Gasteiger partial charge in [0.05, 0.1) is 0 Å². The molecule has 0 aliphatic carbocycles. The molecule has 5 nitrogen and oxygen atoms in total. The van der Waals surface area contributed by atoms with Gasteiger partial charge in [-0.3, -0.25) is 0 Å². The van der Waals surface area contributed by atoms with Crippen molar-refractivity contribution >= 4 is 0 Å². The molecule has 0 spiro atoms. The fourth-order valence-electron chi connectivity index (χ4n) is 10.1. The highest BCUT2D eigenvalue weighted by Crippen LogP contribution is 2.27. The highest BCUT2D eigenvalue weighted by molar-refractivity contribution is 5.66. The first kappa shape index (κ1) is 61.7. The van der Waals surface area contributed by atoms with Crippen LogP contribution in [0, 0.1) is 105 Å². The van der Waals surface area contributed by atoms with Crippen molar-refractivity contribution in [3.63, 3.8) is 0 Å². The number of rotatable bonds is 5. The maximum absolute atomic E-state index is 13.4. The van der Waals surface area contributed by atoms with Crippen LogP contribution >= 0.6 is 0 Å². The highest BCUT2D eigenvalue weighted by atomic mass is 19.1. The molecule has 10 aromatic rings. The van der Waals surface area contributed by atoms with Crippen LogP contribution in [-0.4, -0.2) is 0 Å². The lowest BCUT2D eigenvalue weighted by atomic mass is 9.99. The summed E-state index contributed by atoms with van der Waals surface area (Å²) >= 11 is 0. The molecule has 0 aliphatic heterocycles. The van der Waals surface area contributed by atoms with Crippen LogP contribution in [0.25, 0.3) is 56.3 Å². The van der Waals surface area contributed by atoms with E-state index in [-0.39, 0.29) is 29.1 Å². The molecule has 5 heterocycles. The molecule has 0 amide bonds.